The summed E-state index contributed by atoms with van der Waals surface area (Å²) in [5.74, 6) is 0. The van der Waals surface area contributed by atoms with Gasteiger partial charge in [0.1, 0.15) is 0 Å². The lowest BCUT2D eigenvalue weighted by molar-refractivity contribution is 0.593. The van der Waals surface area contributed by atoms with Crippen molar-refractivity contribution in [1.29, 1.82) is 0 Å². The van der Waals surface area contributed by atoms with Crippen LogP contribution in [0.1, 0.15) is 90.9 Å². The van der Waals surface area contributed by atoms with Gasteiger partial charge in [-0.15, -0.1) is 0 Å². The molecule has 0 aliphatic rings. The summed E-state index contributed by atoms with van der Waals surface area (Å²) in [7, 11) is 0. The van der Waals surface area contributed by atoms with Crippen LogP contribution >= 0.6 is 0 Å². The molecule has 108 valence electrons. The molecule has 0 radical (unpaired) electrons. The molecule has 0 aromatic carbocycles. The molecule has 0 atom stereocenters. The van der Waals surface area contributed by atoms with E-state index < -0.39 is 0 Å². The molecule has 0 N–H and O–H groups in total. The minimum atomic E-state index is 0.946. The van der Waals surface area contributed by atoms with Crippen LogP contribution in [0, 0.1) is 0 Å². The van der Waals surface area contributed by atoms with Crippen molar-refractivity contribution in [3.63, 3.8) is 0 Å². The molecule has 0 amide bonds. The van der Waals surface area contributed by atoms with Gasteiger partial charge in [-0.2, -0.15) is 10.2 Å². The molecule has 2 nitrogen and oxygen atoms in total. The minimum Gasteiger partial charge on any atom is -0.194 e. The lowest BCUT2D eigenvalue weighted by Crippen LogP contribution is -1.85. The van der Waals surface area contributed by atoms with E-state index in [0.29, 0.717) is 0 Å². The van der Waals surface area contributed by atoms with Crippen molar-refractivity contribution in [3.05, 3.63) is 0 Å². The normalized spacial score (nSPS) is 11.4. The van der Waals surface area contributed by atoms with Crippen molar-refractivity contribution < 1.29 is 0 Å². The highest BCUT2D eigenvalue weighted by Gasteiger charge is 1.90. The van der Waals surface area contributed by atoms with Gasteiger partial charge in [-0.3, -0.25) is 0 Å². The maximum Gasteiger partial charge on any atom is 0.0598 e. The predicted octanol–water partition coefficient (Wildman–Crippen LogP) is 6.16. The number of azo groups is 1. The van der Waals surface area contributed by atoms with Gasteiger partial charge in [0, 0.05) is 0 Å². The molecule has 0 heterocycles. The molecule has 0 aromatic heterocycles. The average molecular weight is 254 g/mol. The van der Waals surface area contributed by atoms with Gasteiger partial charge in [-0.1, -0.05) is 78.1 Å². The third-order valence-corrected chi connectivity index (χ3v) is 3.32. The van der Waals surface area contributed by atoms with Gasteiger partial charge in [-0.05, 0) is 12.8 Å². The number of hydrogen-bond acceptors (Lipinski definition) is 2. The fourth-order valence-corrected chi connectivity index (χ4v) is 2.07. The van der Waals surface area contributed by atoms with E-state index in [1.807, 2.05) is 0 Å². The SMILES string of the molecule is CCCCCCCC/N=N/CCCCCCCC. The second kappa shape index (κ2) is 16.6. The first-order valence-electron chi connectivity index (χ1n) is 8.25. The van der Waals surface area contributed by atoms with Gasteiger partial charge in [0.15, 0.2) is 0 Å². The second-order valence-corrected chi connectivity index (χ2v) is 5.27. The van der Waals surface area contributed by atoms with Gasteiger partial charge >= 0.3 is 0 Å². The van der Waals surface area contributed by atoms with Crippen molar-refractivity contribution in [3.8, 4) is 0 Å². The van der Waals surface area contributed by atoms with Crippen molar-refractivity contribution in [2.24, 2.45) is 10.2 Å². The standard InChI is InChI=1S/C16H34N2/c1-3-5-7-9-11-13-15-17-18-16-14-12-10-8-6-4-2/h3-16H2,1-2H3/b18-17+. The zero-order valence-electron chi connectivity index (χ0n) is 12.8. The van der Waals surface area contributed by atoms with Crippen LogP contribution in [-0.2, 0) is 0 Å². The van der Waals surface area contributed by atoms with Crippen LogP contribution in [0.2, 0.25) is 0 Å². The summed E-state index contributed by atoms with van der Waals surface area (Å²) in [5.41, 5.74) is 0. The lowest BCUT2D eigenvalue weighted by Gasteiger charge is -1.98. The molecule has 0 spiro atoms. The summed E-state index contributed by atoms with van der Waals surface area (Å²) in [4.78, 5) is 0. The molecule has 0 unspecified atom stereocenters. The van der Waals surface area contributed by atoms with E-state index in [4.69, 9.17) is 0 Å². The van der Waals surface area contributed by atoms with Crippen molar-refractivity contribution in [1.82, 2.24) is 0 Å². The monoisotopic (exact) mass is 254 g/mol. The van der Waals surface area contributed by atoms with Crippen molar-refractivity contribution >= 4 is 0 Å². The molecular formula is C16H34N2. The maximum atomic E-state index is 4.25. The Labute approximate surface area is 115 Å². The molecule has 0 fully saturated rings. The van der Waals surface area contributed by atoms with Crippen LogP contribution in [0.15, 0.2) is 10.2 Å². The van der Waals surface area contributed by atoms with Crippen LogP contribution < -0.4 is 0 Å². The van der Waals surface area contributed by atoms with Gasteiger partial charge in [0.05, 0.1) is 13.1 Å². The zero-order chi connectivity index (χ0) is 13.3. The number of hydrogen-bond donors (Lipinski definition) is 0. The fraction of sp³-hybridized carbons (Fsp3) is 1.00. The van der Waals surface area contributed by atoms with Crippen LogP contribution in [0.5, 0.6) is 0 Å². The van der Waals surface area contributed by atoms with Gasteiger partial charge < -0.3 is 0 Å². The second-order valence-electron chi connectivity index (χ2n) is 5.27. The smallest absolute Gasteiger partial charge is 0.0598 e. The topological polar surface area (TPSA) is 24.7 Å². The molecule has 0 aromatic rings. The molecule has 18 heavy (non-hydrogen) atoms. The van der Waals surface area contributed by atoms with Gasteiger partial charge in [0.2, 0.25) is 0 Å². The van der Waals surface area contributed by atoms with E-state index in [1.165, 1.54) is 77.0 Å². The van der Waals surface area contributed by atoms with E-state index in [9.17, 15) is 0 Å². The van der Waals surface area contributed by atoms with Gasteiger partial charge in [-0.25, -0.2) is 0 Å². The Morgan fingerprint density at radius 2 is 0.778 bits per heavy atom. The molecular weight excluding hydrogens is 220 g/mol. The van der Waals surface area contributed by atoms with Gasteiger partial charge in [0.25, 0.3) is 0 Å². The van der Waals surface area contributed by atoms with E-state index >= 15 is 0 Å². The summed E-state index contributed by atoms with van der Waals surface area (Å²) in [5, 5.41) is 8.50. The van der Waals surface area contributed by atoms with E-state index in [-0.39, 0.29) is 0 Å². The quantitative estimate of drug-likeness (QED) is 0.262. The highest BCUT2D eigenvalue weighted by atomic mass is 15.1. The molecule has 2 heteroatoms. The summed E-state index contributed by atoms with van der Waals surface area (Å²) >= 11 is 0. The Bertz CT molecular complexity index is 148. The van der Waals surface area contributed by atoms with E-state index in [0.717, 1.165) is 13.1 Å². The maximum absolute atomic E-state index is 4.25. The summed E-state index contributed by atoms with van der Waals surface area (Å²) in [6.07, 6.45) is 16.1. The third-order valence-electron chi connectivity index (χ3n) is 3.32. The Morgan fingerprint density at radius 1 is 0.444 bits per heavy atom. The Morgan fingerprint density at radius 3 is 1.17 bits per heavy atom. The third kappa shape index (κ3) is 15.6. The number of rotatable bonds is 14. The first-order chi connectivity index (χ1) is 8.91. The highest BCUT2D eigenvalue weighted by molar-refractivity contribution is 4.48. The first-order valence-corrected chi connectivity index (χ1v) is 8.25. The minimum absolute atomic E-state index is 0.946. The number of unbranched alkanes of at least 4 members (excludes halogenated alkanes) is 10. The molecule has 0 saturated carbocycles. The van der Waals surface area contributed by atoms with Crippen LogP contribution in [0.25, 0.3) is 0 Å². The predicted molar refractivity (Wildman–Crippen MR) is 81.3 cm³/mol. The summed E-state index contributed by atoms with van der Waals surface area (Å²) in [6, 6.07) is 0. The molecule has 0 rings (SSSR count). The van der Waals surface area contributed by atoms with E-state index in [1.54, 1.807) is 0 Å². The summed E-state index contributed by atoms with van der Waals surface area (Å²) in [6.45, 7) is 6.41. The average Bonchev–Trinajstić information content (AvgIpc) is 2.39. The Hall–Kier alpha value is -0.400. The van der Waals surface area contributed by atoms with Crippen LogP contribution in [0.3, 0.4) is 0 Å². The van der Waals surface area contributed by atoms with Crippen molar-refractivity contribution in [2.75, 3.05) is 13.1 Å². The molecule has 0 aliphatic heterocycles. The van der Waals surface area contributed by atoms with E-state index in [2.05, 4.69) is 24.1 Å². The highest BCUT2D eigenvalue weighted by Crippen LogP contribution is 2.06. The Kier molecular flexibility index (Phi) is 16.2. The number of nitrogens with zero attached hydrogens (tertiary/aromatic N) is 2. The summed E-state index contributed by atoms with van der Waals surface area (Å²) < 4.78 is 0. The molecule has 0 bridgehead atoms. The van der Waals surface area contributed by atoms with Crippen LogP contribution in [-0.4, -0.2) is 13.1 Å². The Balaban J connectivity index is 3.00. The van der Waals surface area contributed by atoms with Crippen molar-refractivity contribution in [2.45, 2.75) is 90.9 Å². The first kappa shape index (κ1) is 17.6. The fourth-order valence-electron chi connectivity index (χ4n) is 2.07. The molecule has 0 saturated heterocycles. The largest absolute Gasteiger partial charge is 0.194 e. The molecule has 0 aliphatic carbocycles. The zero-order valence-corrected chi connectivity index (χ0v) is 12.8. The lowest BCUT2D eigenvalue weighted by atomic mass is 10.1. The van der Waals surface area contributed by atoms with Crippen LogP contribution in [0.4, 0.5) is 0 Å².